The lowest BCUT2D eigenvalue weighted by atomic mass is 9.90. The van der Waals surface area contributed by atoms with Gasteiger partial charge in [0.2, 0.25) is 0 Å². The highest BCUT2D eigenvalue weighted by atomic mass is 79.9. The van der Waals surface area contributed by atoms with Crippen LogP contribution in [0.4, 0.5) is 16.2 Å². The molecule has 2 amide bonds. The number of carbonyl (C=O) groups is 1. The number of benzene rings is 2. The van der Waals surface area contributed by atoms with Gasteiger partial charge in [-0.15, -0.1) is 0 Å². The summed E-state index contributed by atoms with van der Waals surface area (Å²) in [5.41, 5.74) is 1.48. The van der Waals surface area contributed by atoms with Crippen molar-refractivity contribution in [1.29, 1.82) is 0 Å². The molecule has 134 valence electrons. The Morgan fingerprint density at radius 1 is 1.35 bits per heavy atom. The fourth-order valence-corrected chi connectivity index (χ4v) is 3.88. The van der Waals surface area contributed by atoms with E-state index in [0.29, 0.717) is 17.7 Å². The van der Waals surface area contributed by atoms with Crippen molar-refractivity contribution in [2.75, 3.05) is 4.90 Å². The number of halogens is 1. The summed E-state index contributed by atoms with van der Waals surface area (Å²) >= 11 is 3.47. The zero-order valence-electron chi connectivity index (χ0n) is 14.2. The number of nitro groups is 1. The van der Waals surface area contributed by atoms with Crippen LogP contribution < -0.4 is 15.0 Å². The zero-order valence-corrected chi connectivity index (χ0v) is 15.7. The fourth-order valence-electron chi connectivity index (χ4n) is 3.63. The summed E-state index contributed by atoms with van der Waals surface area (Å²) in [6.45, 7) is 3.82. The van der Waals surface area contributed by atoms with E-state index in [0.717, 1.165) is 15.7 Å². The summed E-state index contributed by atoms with van der Waals surface area (Å²) in [5.74, 6) is 0.549. The number of ether oxygens (including phenoxy) is 1. The molecule has 1 fully saturated rings. The Morgan fingerprint density at radius 2 is 2.12 bits per heavy atom. The summed E-state index contributed by atoms with van der Waals surface area (Å²) in [6.07, 6.45) is 0.488. The van der Waals surface area contributed by atoms with Crippen LogP contribution in [0.5, 0.6) is 5.75 Å². The van der Waals surface area contributed by atoms with Crippen LogP contribution in [-0.2, 0) is 0 Å². The van der Waals surface area contributed by atoms with Crippen molar-refractivity contribution in [2.45, 2.75) is 32.0 Å². The summed E-state index contributed by atoms with van der Waals surface area (Å²) in [5, 5.41) is 14.0. The van der Waals surface area contributed by atoms with E-state index in [1.807, 2.05) is 32.0 Å². The Balaban J connectivity index is 1.78. The first-order chi connectivity index (χ1) is 12.3. The number of fused-ring (bicyclic) bond motifs is 4. The number of non-ortho nitro benzene ring substituents is 1. The molecule has 0 unspecified atom stereocenters. The minimum atomic E-state index is -0.879. The summed E-state index contributed by atoms with van der Waals surface area (Å²) < 4.78 is 7.13. The van der Waals surface area contributed by atoms with E-state index in [2.05, 4.69) is 21.2 Å². The highest BCUT2D eigenvalue weighted by Crippen LogP contribution is 2.46. The van der Waals surface area contributed by atoms with Gasteiger partial charge in [0.15, 0.2) is 5.72 Å². The van der Waals surface area contributed by atoms with E-state index in [9.17, 15) is 14.9 Å². The van der Waals surface area contributed by atoms with Crippen LogP contribution in [0.25, 0.3) is 0 Å². The van der Waals surface area contributed by atoms with Crippen LogP contribution in [0, 0.1) is 17.0 Å². The lowest BCUT2D eigenvalue weighted by molar-refractivity contribution is -0.385. The lowest BCUT2D eigenvalue weighted by Crippen LogP contribution is -2.65. The van der Waals surface area contributed by atoms with Crippen molar-refractivity contribution >= 4 is 33.3 Å². The van der Waals surface area contributed by atoms with E-state index in [1.165, 1.54) is 12.1 Å². The van der Waals surface area contributed by atoms with Crippen molar-refractivity contribution in [2.24, 2.45) is 0 Å². The van der Waals surface area contributed by atoms with Gasteiger partial charge in [-0.2, -0.15) is 0 Å². The van der Waals surface area contributed by atoms with Gasteiger partial charge in [0.05, 0.1) is 11.0 Å². The molecule has 2 aliphatic rings. The molecule has 2 aromatic rings. The number of nitrogens with one attached hydrogen (secondary N) is 1. The number of urea groups is 1. The maximum Gasteiger partial charge on any atom is 0.325 e. The third-order valence-electron chi connectivity index (χ3n) is 4.87. The number of hydrogen-bond acceptors (Lipinski definition) is 4. The quantitative estimate of drug-likeness (QED) is 0.578. The number of amides is 2. The SMILES string of the molecule is Cc1cc(N2C(=O)N[C@H]3C[C@]2(C)Oc2ccc([N+](=O)[O-])cc23)ccc1Br. The van der Waals surface area contributed by atoms with Crippen LogP contribution in [0.2, 0.25) is 0 Å². The van der Waals surface area contributed by atoms with Crippen molar-refractivity contribution in [3.05, 3.63) is 62.1 Å². The lowest BCUT2D eigenvalue weighted by Gasteiger charge is -2.50. The minimum absolute atomic E-state index is 0.0174. The second-order valence-electron chi connectivity index (χ2n) is 6.73. The van der Waals surface area contributed by atoms with E-state index in [4.69, 9.17) is 4.74 Å². The first kappa shape index (κ1) is 16.8. The zero-order chi connectivity index (χ0) is 18.6. The van der Waals surface area contributed by atoms with Gasteiger partial charge in [-0.1, -0.05) is 15.9 Å². The Bertz CT molecular complexity index is 948. The molecule has 8 heteroatoms. The molecule has 0 spiro atoms. The molecule has 7 nitrogen and oxygen atoms in total. The van der Waals surface area contributed by atoms with E-state index >= 15 is 0 Å². The molecular weight excluding hydrogens is 402 g/mol. The molecule has 4 rings (SSSR count). The minimum Gasteiger partial charge on any atom is -0.467 e. The maximum atomic E-state index is 12.8. The predicted octanol–water partition coefficient (Wildman–Crippen LogP) is 4.44. The summed E-state index contributed by atoms with van der Waals surface area (Å²) in [7, 11) is 0. The van der Waals surface area contributed by atoms with Crippen LogP contribution in [-0.4, -0.2) is 16.7 Å². The van der Waals surface area contributed by atoms with Gasteiger partial charge in [-0.3, -0.25) is 15.0 Å². The van der Waals surface area contributed by atoms with Crippen molar-refractivity contribution < 1.29 is 14.5 Å². The number of carbonyl (C=O) groups excluding carboxylic acids is 1. The topological polar surface area (TPSA) is 84.7 Å². The Labute approximate surface area is 158 Å². The first-order valence-corrected chi connectivity index (χ1v) is 8.92. The second kappa shape index (κ2) is 5.70. The number of nitro benzene ring substituents is 1. The standard InChI is InChI=1S/C18H16BrN3O4/c1-10-7-11(3-5-14(10)19)21-17(23)20-15-9-18(21,2)26-16-6-4-12(22(24)25)8-13(15)16/h3-8,15H,9H2,1-2H3,(H,20,23)/t15-,18-/m0/s1. The molecule has 0 aromatic heterocycles. The van der Waals surface area contributed by atoms with E-state index < -0.39 is 10.6 Å². The van der Waals surface area contributed by atoms with Crippen LogP contribution in [0.3, 0.4) is 0 Å². The molecule has 2 atom stereocenters. The van der Waals surface area contributed by atoms with Crippen LogP contribution in [0.15, 0.2) is 40.9 Å². The molecule has 2 aromatic carbocycles. The monoisotopic (exact) mass is 417 g/mol. The molecule has 1 N–H and O–H groups in total. The van der Waals surface area contributed by atoms with Crippen molar-refractivity contribution in [1.82, 2.24) is 5.32 Å². The highest BCUT2D eigenvalue weighted by molar-refractivity contribution is 9.10. The maximum absolute atomic E-state index is 12.8. The molecule has 0 saturated carbocycles. The van der Waals surface area contributed by atoms with Crippen molar-refractivity contribution in [3.8, 4) is 5.75 Å². The predicted molar refractivity (Wildman–Crippen MR) is 99.4 cm³/mol. The highest BCUT2D eigenvalue weighted by Gasteiger charge is 2.50. The van der Waals surface area contributed by atoms with Crippen molar-refractivity contribution in [3.63, 3.8) is 0 Å². The molecule has 26 heavy (non-hydrogen) atoms. The number of rotatable bonds is 2. The normalized spacial score (nSPS) is 23.7. The van der Waals surface area contributed by atoms with E-state index in [1.54, 1.807) is 11.0 Å². The van der Waals surface area contributed by atoms with Crippen LogP contribution >= 0.6 is 15.9 Å². The molecule has 1 saturated heterocycles. The van der Waals surface area contributed by atoms with E-state index in [-0.39, 0.29) is 17.8 Å². The van der Waals surface area contributed by atoms with Crippen LogP contribution in [0.1, 0.15) is 30.5 Å². The molecular formula is C18H16BrN3O4. The Hall–Kier alpha value is -2.61. The third-order valence-corrected chi connectivity index (χ3v) is 5.76. The third kappa shape index (κ3) is 2.52. The van der Waals surface area contributed by atoms with Gasteiger partial charge in [-0.25, -0.2) is 4.79 Å². The summed E-state index contributed by atoms with van der Waals surface area (Å²) in [4.78, 5) is 25.0. The average molecular weight is 418 g/mol. The van der Waals surface area contributed by atoms with Gasteiger partial charge in [-0.05, 0) is 43.7 Å². The second-order valence-corrected chi connectivity index (χ2v) is 7.59. The molecule has 0 radical (unpaired) electrons. The molecule has 2 bridgehead atoms. The Kier molecular flexibility index (Phi) is 3.69. The molecule has 0 aliphatic carbocycles. The molecule has 2 aliphatic heterocycles. The largest absolute Gasteiger partial charge is 0.467 e. The molecule has 2 heterocycles. The van der Waals surface area contributed by atoms with Gasteiger partial charge in [0.25, 0.3) is 5.69 Å². The smallest absolute Gasteiger partial charge is 0.325 e. The number of anilines is 1. The average Bonchev–Trinajstić information content (AvgIpc) is 2.57. The fraction of sp³-hybridized carbons (Fsp3) is 0.278. The number of aryl methyl sites for hydroxylation is 1. The Morgan fingerprint density at radius 3 is 2.81 bits per heavy atom. The van der Waals surface area contributed by atoms with Gasteiger partial charge >= 0.3 is 6.03 Å². The first-order valence-electron chi connectivity index (χ1n) is 8.13. The van der Waals surface area contributed by atoms with Gasteiger partial charge in [0, 0.05) is 34.3 Å². The van der Waals surface area contributed by atoms with Gasteiger partial charge < -0.3 is 10.1 Å². The number of hydrogen-bond donors (Lipinski definition) is 1. The van der Waals surface area contributed by atoms with Gasteiger partial charge in [0.1, 0.15) is 5.75 Å². The summed E-state index contributed by atoms with van der Waals surface area (Å²) in [6, 6.07) is 9.54. The number of nitrogens with zero attached hydrogens (tertiary/aromatic N) is 2.